The van der Waals surface area contributed by atoms with Gasteiger partial charge >= 0.3 is 0 Å². The summed E-state index contributed by atoms with van der Waals surface area (Å²) < 4.78 is 13.4. The van der Waals surface area contributed by atoms with Gasteiger partial charge in [-0.25, -0.2) is 0 Å². The van der Waals surface area contributed by atoms with Gasteiger partial charge in [-0.2, -0.15) is 0 Å². The van der Waals surface area contributed by atoms with Crippen molar-refractivity contribution >= 4 is 52.2 Å². The summed E-state index contributed by atoms with van der Waals surface area (Å²) in [6.07, 6.45) is 1.77. The van der Waals surface area contributed by atoms with E-state index in [1.54, 1.807) is 24.3 Å². The van der Waals surface area contributed by atoms with Crippen molar-refractivity contribution < 1.29 is 19.1 Å². The Balaban J connectivity index is 1.43. The van der Waals surface area contributed by atoms with Gasteiger partial charge < -0.3 is 14.0 Å². The lowest BCUT2D eigenvalue weighted by Crippen LogP contribution is -2.27. The molecular weight excluding hydrogens is 495 g/mol. The van der Waals surface area contributed by atoms with E-state index in [4.69, 9.17) is 32.7 Å². The molecule has 9 heteroatoms. The summed E-state index contributed by atoms with van der Waals surface area (Å²) in [6.45, 7) is 5.12. The number of imide groups is 1. The van der Waals surface area contributed by atoms with Crippen LogP contribution < -0.4 is 9.47 Å². The molecule has 0 radical (unpaired) electrons. The van der Waals surface area contributed by atoms with E-state index in [0.29, 0.717) is 39.5 Å². The highest BCUT2D eigenvalue weighted by Crippen LogP contribution is 2.37. The molecular formula is C25H20Cl2N2O4S. The van der Waals surface area contributed by atoms with E-state index in [2.05, 4.69) is 4.57 Å². The fourth-order valence-corrected chi connectivity index (χ4v) is 5.40. The highest BCUT2D eigenvalue weighted by atomic mass is 35.5. The molecule has 1 saturated heterocycles. The van der Waals surface area contributed by atoms with Gasteiger partial charge in [0.1, 0.15) is 13.2 Å². The summed E-state index contributed by atoms with van der Waals surface area (Å²) in [7, 11) is 0. The number of aryl methyl sites for hydroxylation is 1. The summed E-state index contributed by atoms with van der Waals surface area (Å²) in [4.78, 5) is 27.2. The van der Waals surface area contributed by atoms with Crippen molar-refractivity contribution in [3.63, 3.8) is 0 Å². The average molecular weight is 515 g/mol. The molecule has 0 bridgehead atoms. The quantitative estimate of drug-likeness (QED) is 0.376. The van der Waals surface area contributed by atoms with Gasteiger partial charge in [0.25, 0.3) is 11.1 Å². The molecule has 5 rings (SSSR count). The van der Waals surface area contributed by atoms with E-state index in [0.717, 1.165) is 40.2 Å². The molecule has 0 N–H and O–H groups in total. The zero-order chi connectivity index (χ0) is 24.0. The molecule has 2 aromatic carbocycles. The topological polar surface area (TPSA) is 60.8 Å². The smallest absolute Gasteiger partial charge is 0.293 e. The Bertz CT molecular complexity index is 1370. The first-order valence-electron chi connectivity index (χ1n) is 10.6. The Hall–Kier alpha value is -2.87. The van der Waals surface area contributed by atoms with Crippen LogP contribution in [0.3, 0.4) is 0 Å². The van der Waals surface area contributed by atoms with Crippen molar-refractivity contribution in [2.45, 2.75) is 20.4 Å². The second kappa shape index (κ2) is 9.06. The zero-order valence-corrected chi connectivity index (χ0v) is 20.8. The monoisotopic (exact) mass is 514 g/mol. The molecule has 2 aliphatic heterocycles. The molecule has 6 nitrogen and oxygen atoms in total. The maximum absolute atomic E-state index is 13.0. The number of rotatable bonds is 4. The molecule has 0 unspecified atom stereocenters. The first kappa shape index (κ1) is 22.9. The lowest BCUT2D eigenvalue weighted by Gasteiger charge is -2.20. The SMILES string of the molecule is Cc1cc(/C=C2\SC(=O)N(Cc3ccc(Cl)cc3Cl)C2=O)c(C)n1-c1ccc2c(c1)OCCO2. The Morgan fingerprint density at radius 2 is 1.76 bits per heavy atom. The number of carbonyl (C=O) groups excluding carboxylic acids is 2. The molecule has 1 aromatic heterocycles. The van der Waals surface area contributed by atoms with Crippen LogP contribution in [0.4, 0.5) is 4.79 Å². The maximum Gasteiger partial charge on any atom is 0.293 e. The van der Waals surface area contributed by atoms with Crippen molar-refractivity contribution in [3.8, 4) is 17.2 Å². The lowest BCUT2D eigenvalue weighted by molar-refractivity contribution is -0.123. The van der Waals surface area contributed by atoms with Crippen LogP contribution in [-0.4, -0.2) is 33.8 Å². The number of carbonyl (C=O) groups is 2. The number of halogens is 2. The fourth-order valence-electron chi connectivity index (χ4n) is 4.10. The molecule has 2 amide bonds. The standard InChI is InChI=1S/C25H20Cl2N2O4S/c1-14-9-17(15(2)29(14)19-5-6-21-22(12-19)33-8-7-32-21)10-23-24(30)28(25(31)34-23)13-16-3-4-18(26)11-20(16)27/h3-6,9-12H,7-8,13H2,1-2H3/b23-10-. The van der Waals surface area contributed by atoms with E-state index in [9.17, 15) is 9.59 Å². The molecule has 3 aromatic rings. The first-order valence-corrected chi connectivity index (χ1v) is 12.2. The maximum atomic E-state index is 13.0. The van der Waals surface area contributed by atoms with Gasteiger partial charge in [-0.05, 0) is 73.1 Å². The van der Waals surface area contributed by atoms with E-state index < -0.39 is 0 Å². The minimum atomic E-state index is -0.342. The van der Waals surface area contributed by atoms with Gasteiger partial charge in [0.05, 0.1) is 11.4 Å². The minimum absolute atomic E-state index is 0.0915. The molecule has 0 aliphatic carbocycles. The molecule has 2 aliphatic rings. The van der Waals surface area contributed by atoms with Crippen molar-refractivity contribution in [2.24, 2.45) is 0 Å². The van der Waals surface area contributed by atoms with Crippen molar-refractivity contribution in [1.82, 2.24) is 9.47 Å². The van der Waals surface area contributed by atoms with Crippen LogP contribution >= 0.6 is 35.0 Å². The average Bonchev–Trinajstić information content (AvgIpc) is 3.24. The zero-order valence-electron chi connectivity index (χ0n) is 18.4. The molecule has 34 heavy (non-hydrogen) atoms. The fraction of sp³-hybridized carbons (Fsp3) is 0.200. The Morgan fingerprint density at radius 3 is 2.53 bits per heavy atom. The van der Waals surface area contributed by atoms with Gasteiger partial charge in [-0.3, -0.25) is 14.5 Å². The predicted molar refractivity (Wildman–Crippen MR) is 134 cm³/mol. The van der Waals surface area contributed by atoms with Crippen LogP contribution in [0.15, 0.2) is 47.4 Å². The van der Waals surface area contributed by atoms with Crippen LogP contribution in [0.2, 0.25) is 10.0 Å². The van der Waals surface area contributed by atoms with Gasteiger partial charge in [-0.1, -0.05) is 29.3 Å². The van der Waals surface area contributed by atoms with Crippen molar-refractivity contribution in [2.75, 3.05) is 13.2 Å². The van der Waals surface area contributed by atoms with Crippen LogP contribution in [-0.2, 0) is 11.3 Å². The normalized spacial score (nSPS) is 16.6. The van der Waals surface area contributed by atoms with E-state index in [1.807, 2.05) is 38.1 Å². The number of amides is 2. The molecule has 0 saturated carbocycles. The summed E-state index contributed by atoms with van der Waals surface area (Å²) in [5.41, 5.74) is 4.40. The number of benzene rings is 2. The first-order chi connectivity index (χ1) is 16.3. The number of ether oxygens (including phenoxy) is 2. The highest BCUT2D eigenvalue weighted by molar-refractivity contribution is 8.18. The van der Waals surface area contributed by atoms with E-state index in [1.165, 1.54) is 4.90 Å². The number of hydrogen-bond acceptors (Lipinski definition) is 5. The third kappa shape index (κ3) is 4.19. The van der Waals surface area contributed by atoms with Crippen molar-refractivity contribution in [3.05, 3.63) is 79.9 Å². The number of nitrogens with zero attached hydrogens (tertiary/aromatic N) is 2. The van der Waals surface area contributed by atoms with Gasteiger partial charge in [0.15, 0.2) is 11.5 Å². The number of thioether (sulfide) groups is 1. The lowest BCUT2D eigenvalue weighted by atomic mass is 10.2. The summed E-state index contributed by atoms with van der Waals surface area (Å²) in [6, 6.07) is 12.8. The molecule has 1 fully saturated rings. The largest absolute Gasteiger partial charge is 0.486 e. The third-order valence-electron chi connectivity index (χ3n) is 5.76. The predicted octanol–water partition coefficient (Wildman–Crippen LogP) is 6.41. The molecule has 3 heterocycles. The van der Waals surface area contributed by atoms with Gasteiger partial charge in [0.2, 0.25) is 0 Å². The molecule has 0 atom stereocenters. The summed E-state index contributed by atoms with van der Waals surface area (Å²) >= 11 is 13.1. The second-order valence-electron chi connectivity index (χ2n) is 7.99. The van der Waals surface area contributed by atoms with Gasteiger partial charge in [0, 0.05) is 33.2 Å². The van der Waals surface area contributed by atoms with Crippen molar-refractivity contribution in [1.29, 1.82) is 0 Å². The van der Waals surface area contributed by atoms with Crippen LogP contribution in [0.25, 0.3) is 11.8 Å². The highest BCUT2D eigenvalue weighted by Gasteiger charge is 2.35. The third-order valence-corrected chi connectivity index (χ3v) is 7.25. The second-order valence-corrected chi connectivity index (χ2v) is 9.83. The summed E-state index contributed by atoms with van der Waals surface area (Å²) in [5.74, 6) is 1.09. The van der Waals surface area contributed by atoms with E-state index in [-0.39, 0.29) is 17.7 Å². The number of hydrogen-bond donors (Lipinski definition) is 0. The molecule has 174 valence electrons. The Labute approximate surface area is 211 Å². The number of aromatic nitrogens is 1. The summed E-state index contributed by atoms with van der Waals surface area (Å²) in [5, 5.41) is 0.581. The number of fused-ring (bicyclic) bond motifs is 1. The Morgan fingerprint density at radius 1 is 1.00 bits per heavy atom. The van der Waals surface area contributed by atoms with Crippen LogP contribution in [0.1, 0.15) is 22.5 Å². The molecule has 0 spiro atoms. The van der Waals surface area contributed by atoms with Crippen LogP contribution in [0, 0.1) is 13.8 Å². The van der Waals surface area contributed by atoms with Crippen LogP contribution in [0.5, 0.6) is 11.5 Å². The minimum Gasteiger partial charge on any atom is -0.486 e. The van der Waals surface area contributed by atoms with Gasteiger partial charge in [-0.15, -0.1) is 0 Å². The Kier molecular flexibility index (Phi) is 6.10. The van der Waals surface area contributed by atoms with E-state index >= 15 is 0 Å².